The van der Waals surface area contributed by atoms with Gasteiger partial charge in [-0.3, -0.25) is 4.79 Å². The van der Waals surface area contributed by atoms with Crippen molar-refractivity contribution in [3.63, 3.8) is 0 Å². The average Bonchev–Trinajstić information content (AvgIpc) is 3.03. The van der Waals surface area contributed by atoms with Gasteiger partial charge in [0.15, 0.2) is 0 Å². The number of ether oxygens (including phenoxy) is 1. The zero-order chi connectivity index (χ0) is 15.4. The topological polar surface area (TPSA) is 68.5 Å². The SMILES string of the molecule is O=C(CCc1nnc(-c2ccc(Cl)cc2)o1)N1CCOCC1. The molecule has 1 aliphatic heterocycles. The van der Waals surface area contributed by atoms with Gasteiger partial charge in [-0.15, -0.1) is 10.2 Å². The number of hydrogen-bond donors (Lipinski definition) is 0. The minimum Gasteiger partial charge on any atom is -0.421 e. The van der Waals surface area contributed by atoms with Gasteiger partial charge in [-0.2, -0.15) is 0 Å². The van der Waals surface area contributed by atoms with Crippen LogP contribution in [0.4, 0.5) is 0 Å². The lowest BCUT2D eigenvalue weighted by Crippen LogP contribution is -2.40. The number of carbonyl (C=O) groups is 1. The van der Waals surface area contributed by atoms with E-state index in [9.17, 15) is 4.79 Å². The van der Waals surface area contributed by atoms with Crippen molar-refractivity contribution in [2.75, 3.05) is 26.3 Å². The fourth-order valence-electron chi connectivity index (χ4n) is 2.25. The van der Waals surface area contributed by atoms with Crippen LogP contribution in [0.25, 0.3) is 11.5 Å². The third-order valence-electron chi connectivity index (χ3n) is 3.47. The van der Waals surface area contributed by atoms with Crippen LogP contribution >= 0.6 is 11.6 Å². The van der Waals surface area contributed by atoms with Gasteiger partial charge >= 0.3 is 0 Å². The number of hydrogen-bond acceptors (Lipinski definition) is 5. The molecule has 116 valence electrons. The first-order chi connectivity index (χ1) is 10.7. The molecule has 2 heterocycles. The highest BCUT2D eigenvalue weighted by Gasteiger charge is 2.18. The predicted molar refractivity (Wildman–Crippen MR) is 80.5 cm³/mol. The number of aryl methyl sites for hydroxylation is 1. The second kappa shape index (κ2) is 6.89. The summed E-state index contributed by atoms with van der Waals surface area (Å²) in [6, 6.07) is 7.17. The van der Waals surface area contributed by atoms with Gasteiger partial charge in [0.25, 0.3) is 0 Å². The van der Waals surface area contributed by atoms with Crippen LogP contribution in [-0.2, 0) is 16.0 Å². The van der Waals surface area contributed by atoms with E-state index in [1.165, 1.54) is 0 Å². The molecular formula is C15H16ClN3O3. The van der Waals surface area contributed by atoms with Crippen molar-refractivity contribution in [1.82, 2.24) is 15.1 Å². The Hall–Kier alpha value is -1.92. The third-order valence-corrected chi connectivity index (χ3v) is 3.73. The molecule has 1 aromatic heterocycles. The van der Waals surface area contributed by atoms with Gasteiger partial charge in [0.05, 0.1) is 13.2 Å². The molecule has 0 spiro atoms. The van der Waals surface area contributed by atoms with Gasteiger partial charge in [0, 0.05) is 36.5 Å². The highest BCUT2D eigenvalue weighted by molar-refractivity contribution is 6.30. The van der Waals surface area contributed by atoms with Crippen molar-refractivity contribution in [3.8, 4) is 11.5 Å². The molecule has 0 aliphatic carbocycles. The summed E-state index contributed by atoms with van der Waals surface area (Å²) in [7, 11) is 0. The first-order valence-corrected chi connectivity index (χ1v) is 7.54. The van der Waals surface area contributed by atoms with Gasteiger partial charge in [-0.05, 0) is 24.3 Å². The molecule has 3 rings (SSSR count). The molecule has 22 heavy (non-hydrogen) atoms. The van der Waals surface area contributed by atoms with E-state index in [2.05, 4.69) is 10.2 Å². The van der Waals surface area contributed by atoms with Crippen LogP contribution in [0, 0.1) is 0 Å². The Morgan fingerprint density at radius 2 is 1.91 bits per heavy atom. The van der Waals surface area contributed by atoms with E-state index in [1.54, 1.807) is 17.0 Å². The number of carbonyl (C=O) groups excluding carboxylic acids is 1. The lowest BCUT2D eigenvalue weighted by Gasteiger charge is -2.26. The number of halogens is 1. The number of amides is 1. The van der Waals surface area contributed by atoms with Gasteiger partial charge in [0.2, 0.25) is 17.7 Å². The van der Waals surface area contributed by atoms with E-state index in [1.807, 2.05) is 12.1 Å². The van der Waals surface area contributed by atoms with E-state index >= 15 is 0 Å². The molecule has 7 heteroatoms. The monoisotopic (exact) mass is 321 g/mol. The van der Waals surface area contributed by atoms with Gasteiger partial charge in [-0.25, -0.2) is 0 Å². The molecule has 1 aromatic carbocycles. The van der Waals surface area contributed by atoms with E-state index in [4.69, 9.17) is 20.8 Å². The lowest BCUT2D eigenvalue weighted by atomic mass is 10.2. The Morgan fingerprint density at radius 3 is 2.64 bits per heavy atom. The van der Waals surface area contributed by atoms with E-state index in [0.29, 0.717) is 55.9 Å². The summed E-state index contributed by atoms with van der Waals surface area (Å²) in [6.45, 7) is 2.51. The summed E-state index contributed by atoms with van der Waals surface area (Å²) in [4.78, 5) is 13.9. The summed E-state index contributed by atoms with van der Waals surface area (Å²) < 4.78 is 10.8. The van der Waals surface area contributed by atoms with Crippen molar-refractivity contribution in [2.24, 2.45) is 0 Å². The van der Waals surface area contributed by atoms with Crippen molar-refractivity contribution in [1.29, 1.82) is 0 Å². The van der Waals surface area contributed by atoms with Gasteiger partial charge in [0.1, 0.15) is 0 Å². The number of morpholine rings is 1. The molecule has 1 amide bonds. The molecule has 1 fully saturated rings. The second-order valence-corrected chi connectivity index (χ2v) is 5.44. The maximum absolute atomic E-state index is 12.1. The first-order valence-electron chi connectivity index (χ1n) is 7.16. The summed E-state index contributed by atoms with van der Waals surface area (Å²) in [5.41, 5.74) is 0.808. The molecule has 0 unspecified atom stereocenters. The minimum absolute atomic E-state index is 0.0922. The normalized spacial score (nSPS) is 15.0. The van der Waals surface area contributed by atoms with Crippen molar-refractivity contribution >= 4 is 17.5 Å². The van der Waals surface area contributed by atoms with E-state index in [-0.39, 0.29) is 5.91 Å². The predicted octanol–water partition coefficient (Wildman–Crippen LogP) is 2.18. The largest absolute Gasteiger partial charge is 0.421 e. The molecular weight excluding hydrogens is 306 g/mol. The summed E-state index contributed by atoms with van der Waals surface area (Å²) in [5, 5.41) is 8.64. The smallest absolute Gasteiger partial charge is 0.247 e. The molecule has 0 atom stereocenters. The Kier molecular flexibility index (Phi) is 4.70. The molecule has 0 N–H and O–H groups in total. The number of aromatic nitrogens is 2. The van der Waals surface area contributed by atoms with Crippen molar-refractivity contribution in [2.45, 2.75) is 12.8 Å². The molecule has 1 saturated heterocycles. The summed E-state index contributed by atoms with van der Waals surface area (Å²) >= 11 is 5.85. The quantitative estimate of drug-likeness (QED) is 0.863. The standard InChI is InChI=1S/C15H16ClN3O3/c16-12-3-1-11(2-4-12)15-18-17-13(22-15)5-6-14(20)19-7-9-21-10-8-19/h1-4H,5-10H2. The summed E-state index contributed by atoms with van der Waals surface area (Å²) in [6.07, 6.45) is 0.805. The van der Waals surface area contributed by atoms with Crippen LogP contribution in [0.2, 0.25) is 5.02 Å². The number of rotatable bonds is 4. The first kappa shape index (κ1) is 15.0. The Bertz CT molecular complexity index is 636. The second-order valence-electron chi connectivity index (χ2n) is 5.00. The Balaban J connectivity index is 1.57. The van der Waals surface area contributed by atoms with Crippen LogP contribution in [0.3, 0.4) is 0 Å². The fraction of sp³-hybridized carbons (Fsp3) is 0.400. The average molecular weight is 322 g/mol. The molecule has 0 saturated carbocycles. The third kappa shape index (κ3) is 3.64. The zero-order valence-corrected chi connectivity index (χ0v) is 12.8. The van der Waals surface area contributed by atoms with Gasteiger partial charge in [-0.1, -0.05) is 11.6 Å². The van der Waals surface area contributed by atoms with Crippen LogP contribution in [0.15, 0.2) is 28.7 Å². The van der Waals surface area contributed by atoms with Crippen molar-refractivity contribution < 1.29 is 13.9 Å². The molecule has 0 radical (unpaired) electrons. The molecule has 6 nitrogen and oxygen atoms in total. The minimum atomic E-state index is 0.0922. The number of benzene rings is 1. The highest BCUT2D eigenvalue weighted by Crippen LogP contribution is 2.20. The Labute approximate surface area is 133 Å². The maximum atomic E-state index is 12.1. The van der Waals surface area contributed by atoms with E-state index in [0.717, 1.165) is 5.56 Å². The maximum Gasteiger partial charge on any atom is 0.247 e. The van der Waals surface area contributed by atoms with Crippen LogP contribution in [-0.4, -0.2) is 47.3 Å². The molecule has 2 aromatic rings. The van der Waals surface area contributed by atoms with Gasteiger partial charge < -0.3 is 14.1 Å². The lowest BCUT2D eigenvalue weighted by molar-refractivity contribution is -0.135. The molecule has 1 aliphatic rings. The summed E-state index contributed by atoms with van der Waals surface area (Å²) in [5.74, 6) is 0.992. The Morgan fingerprint density at radius 1 is 1.18 bits per heavy atom. The van der Waals surface area contributed by atoms with Crippen LogP contribution < -0.4 is 0 Å². The zero-order valence-electron chi connectivity index (χ0n) is 12.0. The van der Waals surface area contributed by atoms with Crippen LogP contribution in [0.5, 0.6) is 0 Å². The number of nitrogens with zero attached hydrogens (tertiary/aromatic N) is 3. The highest BCUT2D eigenvalue weighted by atomic mass is 35.5. The fourth-order valence-corrected chi connectivity index (χ4v) is 2.37. The molecule has 0 bridgehead atoms. The van der Waals surface area contributed by atoms with Crippen molar-refractivity contribution in [3.05, 3.63) is 35.2 Å². The van der Waals surface area contributed by atoms with Crippen LogP contribution in [0.1, 0.15) is 12.3 Å². The van der Waals surface area contributed by atoms with E-state index < -0.39 is 0 Å².